The molecule has 1 atom stereocenters. The fourth-order valence-electron chi connectivity index (χ4n) is 1.66. The Kier molecular flexibility index (Phi) is 3.05. The number of carbonyl (C=O) groups is 1. The molecule has 0 radical (unpaired) electrons. The molecule has 1 unspecified atom stereocenters. The van der Waals surface area contributed by atoms with Crippen molar-refractivity contribution in [1.82, 2.24) is 0 Å². The SMILES string of the molecule is CC(CC=O)c1cc2c(c(Br)c1O)OCO2. The van der Waals surface area contributed by atoms with Crippen molar-refractivity contribution in [3.05, 3.63) is 16.1 Å². The molecule has 1 aromatic rings. The fraction of sp³-hybridized carbons (Fsp3) is 0.364. The van der Waals surface area contributed by atoms with Gasteiger partial charge in [0, 0.05) is 12.0 Å². The van der Waals surface area contributed by atoms with Crippen molar-refractivity contribution in [2.75, 3.05) is 6.79 Å². The number of phenols is 1. The van der Waals surface area contributed by atoms with Crippen LogP contribution in [0.2, 0.25) is 0 Å². The van der Waals surface area contributed by atoms with Crippen molar-refractivity contribution in [2.45, 2.75) is 19.3 Å². The Morgan fingerprint density at radius 1 is 1.62 bits per heavy atom. The van der Waals surface area contributed by atoms with E-state index in [4.69, 9.17) is 9.47 Å². The van der Waals surface area contributed by atoms with E-state index in [2.05, 4.69) is 15.9 Å². The van der Waals surface area contributed by atoms with Crippen LogP contribution < -0.4 is 9.47 Å². The maximum Gasteiger partial charge on any atom is 0.231 e. The summed E-state index contributed by atoms with van der Waals surface area (Å²) in [6.45, 7) is 2.02. The molecule has 0 amide bonds. The first kappa shape index (κ1) is 11.3. The van der Waals surface area contributed by atoms with Gasteiger partial charge in [-0.25, -0.2) is 0 Å². The molecule has 86 valence electrons. The standard InChI is InChI=1S/C11H11BrO4/c1-6(2-3-13)7-4-8-11(16-5-15-8)9(12)10(7)14/h3-4,6,14H,2,5H2,1H3. The number of hydrogen-bond acceptors (Lipinski definition) is 4. The summed E-state index contributed by atoms with van der Waals surface area (Å²) in [6.07, 6.45) is 1.20. The molecule has 0 bridgehead atoms. The Balaban J connectivity index is 2.47. The van der Waals surface area contributed by atoms with E-state index < -0.39 is 0 Å². The first-order chi connectivity index (χ1) is 7.65. The number of aromatic hydroxyl groups is 1. The van der Waals surface area contributed by atoms with Gasteiger partial charge < -0.3 is 19.4 Å². The maximum atomic E-state index is 10.5. The average Bonchev–Trinajstić information content (AvgIpc) is 2.71. The van der Waals surface area contributed by atoms with E-state index >= 15 is 0 Å². The van der Waals surface area contributed by atoms with Crippen LogP contribution in [0.3, 0.4) is 0 Å². The molecule has 0 spiro atoms. The minimum Gasteiger partial charge on any atom is -0.506 e. The number of ether oxygens (including phenoxy) is 2. The van der Waals surface area contributed by atoms with Crippen molar-refractivity contribution in [1.29, 1.82) is 0 Å². The molecule has 5 heteroatoms. The second kappa shape index (κ2) is 4.33. The lowest BCUT2D eigenvalue weighted by atomic mass is 9.97. The number of halogens is 1. The molecule has 2 rings (SSSR count). The van der Waals surface area contributed by atoms with Gasteiger partial charge in [0.05, 0.1) is 0 Å². The van der Waals surface area contributed by atoms with Gasteiger partial charge in [-0.15, -0.1) is 0 Å². The highest BCUT2D eigenvalue weighted by Gasteiger charge is 2.24. The highest BCUT2D eigenvalue weighted by atomic mass is 79.9. The molecule has 1 aromatic carbocycles. The van der Waals surface area contributed by atoms with Crippen molar-refractivity contribution < 1.29 is 19.4 Å². The number of fused-ring (bicyclic) bond motifs is 1. The third-order valence-electron chi connectivity index (χ3n) is 2.59. The van der Waals surface area contributed by atoms with Crippen LogP contribution >= 0.6 is 15.9 Å². The molecule has 0 aromatic heterocycles. The molecule has 0 saturated carbocycles. The van der Waals surface area contributed by atoms with Crippen LogP contribution in [-0.4, -0.2) is 18.2 Å². The first-order valence-corrected chi connectivity index (χ1v) is 5.69. The minimum atomic E-state index is -0.0525. The van der Waals surface area contributed by atoms with Crippen LogP contribution in [0.25, 0.3) is 0 Å². The highest BCUT2D eigenvalue weighted by Crippen LogP contribution is 2.48. The van der Waals surface area contributed by atoms with Gasteiger partial charge in [-0.3, -0.25) is 0 Å². The Labute approximate surface area is 101 Å². The first-order valence-electron chi connectivity index (χ1n) is 4.89. The largest absolute Gasteiger partial charge is 0.506 e. The second-order valence-corrected chi connectivity index (χ2v) is 4.46. The number of aldehydes is 1. The van der Waals surface area contributed by atoms with E-state index in [9.17, 15) is 9.90 Å². The lowest BCUT2D eigenvalue weighted by Crippen LogP contribution is -1.96. The summed E-state index contributed by atoms with van der Waals surface area (Å²) in [6, 6.07) is 1.72. The lowest BCUT2D eigenvalue weighted by molar-refractivity contribution is -0.108. The van der Waals surface area contributed by atoms with Crippen molar-refractivity contribution in [3.8, 4) is 17.2 Å². The Morgan fingerprint density at radius 2 is 2.38 bits per heavy atom. The zero-order valence-corrected chi connectivity index (χ0v) is 10.3. The monoisotopic (exact) mass is 286 g/mol. The summed E-state index contributed by atoms with van der Waals surface area (Å²) in [4.78, 5) is 10.5. The average molecular weight is 287 g/mol. The van der Waals surface area contributed by atoms with E-state index in [1.807, 2.05) is 6.92 Å². The number of hydrogen-bond donors (Lipinski definition) is 1. The molecule has 0 aliphatic carbocycles. The summed E-state index contributed by atoms with van der Waals surface area (Å²) < 4.78 is 10.9. The second-order valence-electron chi connectivity index (χ2n) is 3.67. The van der Waals surface area contributed by atoms with E-state index in [0.29, 0.717) is 28.0 Å². The van der Waals surface area contributed by atoms with Gasteiger partial charge in [0.15, 0.2) is 11.5 Å². The van der Waals surface area contributed by atoms with E-state index in [1.54, 1.807) is 6.07 Å². The predicted octanol–water partition coefficient (Wildman–Crippen LogP) is 2.58. The topological polar surface area (TPSA) is 55.8 Å². The van der Waals surface area contributed by atoms with Crippen LogP contribution in [0.5, 0.6) is 17.2 Å². The zero-order chi connectivity index (χ0) is 11.7. The molecule has 0 saturated heterocycles. The lowest BCUT2D eigenvalue weighted by Gasteiger charge is -2.13. The van der Waals surface area contributed by atoms with Gasteiger partial charge in [0.1, 0.15) is 16.5 Å². The van der Waals surface area contributed by atoms with E-state index in [-0.39, 0.29) is 18.5 Å². The molecule has 0 fully saturated rings. The quantitative estimate of drug-likeness (QED) is 0.868. The van der Waals surface area contributed by atoms with Gasteiger partial charge in [-0.1, -0.05) is 6.92 Å². The third-order valence-corrected chi connectivity index (χ3v) is 3.33. The molecule has 1 aliphatic heterocycles. The summed E-state index contributed by atoms with van der Waals surface area (Å²) >= 11 is 3.26. The molecule has 4 nitrogen and oxygen atoms in total. The number of benzene rings is 1. The maximum absolute atomic E-state index is 10.5. The van der Waals surface area contributed by atoms with Crippen LogP contribution in [0.4, 0.5) is 0 Å². The Morgan fingerprint density at radius 3 is 3.06 bits per heavy atom. The van der Waals surface area contributed by atoms with Crippen LogP contribution in [0.1, 0.15) is 24.8 Å². The normalized spacial score (nSPS) is 14.9. The molecular weight excluding hydrogens is 276 g/mol. The minimum absolute atomic E-state index is 0.0525. The van der Waals surface area contributed by atoms with E-state index in [0.717, 1.165) is 6.29 Å². The van der Waals surface area contributed by atoms with Crippen LogP contribution in [-0.2, 0) is 4.79 Å². The zero-order valence-electron chi connectivity index (χ0n) is 8.70. The Bertz CT molecular complexity index is 430. The highest BCUT2D eigenvalue weighted by molar-refractivity contribution is 9.10. The van der Waals surface area contributed by atoms with Crippen LogP contribution in [0, 0.1) is 0 Å². The number of rotatable bonds is 3. The number of carbonyl (C=O) groups excluding carboxylic acids is 1. The number of phenolic OH excluding ortho intramolecular Hbond substituents is 1. The van der Waals surface area contributed by atoms with Gasteiger partial charge in [-0.05, 0) is 27.9 Å². The Hall–Kier alpha value is -1.23. The van der Waals surface area contributed by atoms with Crippen molar-refractivity contribution in [2.24, 2.45) is 0 Å². The molecule has 1 aliphatic rings. The summed E-state index contributed by atoms with van der Waals surface area (Å²) in [7, 11) is 0. The van der Waals surface area contributed by atoms with Crippen molar-refractivity contribution in [3.63, 3.8) is 0 Å². The van der Waals surface area contributed by atoms with Crippen LogP contribution in [0.15, 0.2) is 10.5 Å². The van der Waals surface area contributed by atoms with E-state index in [1.165, 1.54) is 0 Å². The summed E-state index contributed by atoms with van der Waals surface area (Å²) in [5.41, 5.74) is 0.684. The van der Waals surface area contributed by atoms with Crippen molar-refractivity contribution >= 4 is 22.2 Å². The predicted molar refractivity (Wildman–Crippen MR) is 61.0 cm³/mol. The molecule has 1 heterocycles. The molecular formula is C11H11BrO4. The third kappa shape index (κ3) is 1.75. The van der Waals surface area contributed by atoms with Gasteiger partial charge in [0.2, 0.25) is 6.79 Å². The molecule has 1 N–H and O–H groups in total. The fourth-order valence-corrected chi connectivity index (χ4v) is 2.20. The van der Waals surface area contributed by atoms with Gasteiger partial charge >= 0.3 is 0 Å². The molecule has 16 heavy (non-hydrogen) atoms. The van der Waals surface area contributed by atoms with Gasteiger partial charge in [-0.2, -0.15) is 0 Å². The smallest absolute Gasteiger partial charge is 0.231 e. The van der Waals surface area contributed by atoms with Gasteiger partial charge in [0.25, 0.3) is 0 Å². The summed E-state index contributed by atoms with van der Waals surface area (Å²) in [5, 5.41) is 9.96. The summed E-state index contributed by atoms with van der Waals surface area (Å²) in [5.74, 6) is 1.17.